The van der Waals surface area contributed by atoms with Crippen LogP contribution in [0, 0.1) is 6.92 Å². The Hall–Kier alpha value is -1.55. The van der Waals surface area contributed by atoms with Gasteiger partial charge in [-0.3, -0.25) is 4.79 Å². The van der Waals surface area contributed by atoms with E-state index in [1.165, 1.54) is 38.8 Å². The van der Waals surface area contributed by atoms with Crippen LogP contribution in [0.2, 0.25) is 0 Å². The number of aryl methyl sites for hydroxylation is 1. The minimum Gasteiger partial charge on any atom is -0.496 e. The zero-order valence-electron chi connectivity index (χ0n) is 13.9. The van der Waals surface area contributed by atoms with Crippen LogP contribution in [0.15, 0.2) is 18.2 Å². The summed E-state index contributed by atoms with van der Waals surface area (Å²) in [7, 11) is 1.63. The van der Waals surface area contributed by atoms with Gasteiger partial charge in [-0.1, -0.05) is 18.9 Å². The van der Waals surface area contributed by atoms with Crippen LogP contribution in [0.5, 0.6) is 5.75 Å². The summed E-state index contributed by atoms with van der Waals surface area (Å²) in [4.78, 5) is 14.7. The summed E-state index contributed by atoms with van der Waals surface area (Å²) in [6.07, 6.45) is 6.37. The molecule has 0 aromatic heterocycles. The molecule has 1 amide bonds. The third-order valence-electron chi connectivity index (χ3n) is 4.31. The smallest absolute Gasteiger partial charge is 0.251 e. The number of methoxy groups -OCH3 is 1. The first-order valence-corrected chi connectivity index (χ1v) is 8.36. The number of hydrogen-bond donors (Lipinski definition) is 1. The van der Waals surface area contributed by atoms with Crippen molar-refractivity contribution >= 4 is 5.91 Å². The molecule has 1 aromatic carbocycles. The first-order chi connectivity index (χ1) is 10.7. The van der Waals surface area contributed by atoms with Crippen LogP contribution in [-0.4, -0.2) is 44.1 Å². The normalized spacial score (nSPS) is 16.1. The van der Waals surface area contributed by atoms with Crippen molar-refractivity contribution in [3.63, 3.8) is 0 Å². The van der Waals surface area contributed by atoms with Gasteiger partial charge in [-0.2, -0.15) is 0 Å². The van der Waals surface area contributed by atoms with Crippen LogP contribution in [0.25, 0.3) is 0 Å². The van der Waals surface area contributed by atoms with Crippen LogP contribution in [0.3, 0.4) is 0 Å². The molecule has 22 heavy (non-hydrogen) atoms. The highest BCUT2D eigenvalue weighted by Crippen LogP contribution is 2.18. The van der Waals surface area contributed by atoms with Crippen molar-refractivity contribution in [2.24, 2.45) is 0 Å². The molecule has 1 heterocycles. The molecular weight excluding hydrogens is 276 g/mol. The summed E-state index contributed by atoms with van der Waals surface area (Å²) >= 11 is 0. The van der Waals surface area contributed by atoms with Gasteiger partial charge >= 0.3 is 0 Å². The SMILES string of the molecule is COc1cc(C(=O)NCCCN2CCCCCC2)ccc1C. The van der Waals surface area contributed by atoms with E-state index in [1.54, 1.807) is 13.2 Å². The molecule has 0 unspecified atom stereocenters. The Kier molecular flexibility index (Phi) is 6.72. The largest absolute Gasteiger partial charge is 0.496 e. The van der Waals surface area contributed by atoms with E-state index in [4.69, 9.17) is 4.74 Å². The lowest BCUT2D eigenvalue weighted by molar-refractivity contribution is 0.0951. The number of hydrogen-bond acceptors (Lipinski definition) is 3. The van der Waals surface area contributed by atoms with Gasteiger partial charge in [0.05, 0.1) is 7.11 Å². The molecule has 4 heteroatoms. The molecule has 0 radical (unpaired) electrons. The monoisotopic (exact) mass is 304 g/mol. The van der Waals surface area contributed by atoms with Crippen molar-refractivity contribution in [3.05, 3.63) is 29.3 Å². The zero-order valence-corrected chi connectivity index (χ0v) is 13.9. The van der Waals surface area contributed by atoms with Gasteiger partial charge in [0.15, 0.2) is 0 Å². The molecule has 0 spiro atoms. The fraction of sp³-hybridized carbons (Fsp3) is 0.611. The number of likely N-dealkylation sites (tertiary alicyclic amines) is 1. The molecule has 122 valence electrons. The molecule has 1 aromatic rings. The lowest BCUT2D eigenvalue weighted by Crippen LogP contribution is -2.30. The lowest BCUT2D eigenvalue weighted by atomic mass is 10.1. The van der Waals surface area contributed by atoms with Crippen LogP contribution in [0.4, 0.5) is 0 Å². The van der Waals surface area contributed by atoms with E-state index in [0.717, 1.165) is 30.8 Å². The highest BCUT2D eigenvalue weighted by atomic mass is 16.5. The first kappa shape index (κ1) is 16.8. The van der Waals surface area contributed by atoms with Gasteiger partial charge in [0.2, 0.25) is 0 Å². The van der Waals surface area contributed by atoms with Gasteiger partial charge in [0.25, 0.3) is 5.91 Å². The molecule has 0 saturated carbocycles. The number of rotatable bonds is 6. The quantitative estimate of drug-likeness (QED) is 0.822. The molecule has 1 saturated heterocycles. The summed E-state index contributed by atoms with van der Waals surface area (Å²) in [6, 6.07) is 5.58. The van der Waals surface area contributed by atoms with E-state index in [9.17, 15) is 4.79 Å². The Bertz CT molecular complexity index is 480. The number of carbonyl (C=O) groups is 1. The van der Waals surface area contributed by atoms with E-state index in [-0.39, 0.29) is 5.91 Å². The predicted octanol–water partition coefficient (Wildman–Crippen LogP) is 3.00. The fourth-order valence-electron chi connectivity index (χ4n) is 2.93. The molecular formula is C18H28N2O2. The first-order valence-electron chi connectivity index (χ1n) is 8.36. The second-order valence-electron chi connectivity index (χ2n) is 6.05. The molecule has 4 nitrogen and oxygen atoms in total. The Balaban J connectivity index is 1.73. The van der Waals surface area contributed by atoms with Crippen molar-refractivity contribution in [2.45, 2.75) is 39.0 Å². The molecule has 1 fully saturated rings. The van der Waals surface area contributed by atoms with Crippen LogP contribution >= 0.6 is 0 Å². The maximum absolute atomic E-state index is 12.1. The van der Waals surface area contributed by atoms with E-state index in [2.05, 4.69) is 10.2 Å². The van der Waals surface area contributed by atoms with Gasteiger partial charge in [0, 0.05) is 12.1 Å². The number of ether oxygens (including phenoxy) is 1. The van der Waals surface area contributed by atoms with Crippen LogP contribution < -0.4 is 10.1 Å². The average Bonchev–Trinajstić information content (AvgIpc) is 2.80. The Labute approximate surface area is 133 Å². The van der Waals surface area contributed by atoms with Crippen molar-refractivity contribution in [1.29, 1.82) is 0 Å². The Morgan fingerprint density at radius 1 is 1.23 bits per heavy atom. The Morgan fingerprint density at radius 3 is 2.64 bits per heavy atom. The van der Waals surface area contributed by atoms with Crippen LogP contribution in [0.1, 0.15) is 48.0 Å². The summed E-state index contributed by atoms with van der Waals surface area (Å²) in [5, 5.41) is 3.00. The van der Waals surface area contributed by atoms with E-state index < -0.39 is 0 Å². The molecule has 1 N–H and O–H groups in total. The second-order valence-corrected chi connectivity index (χ2v) is 6.05. The minimum absolute atomic E-state index is 0.0193. The van der Waals surface area contributed by atoms with Gasteiger partial charge in [0.1, 0.15) is 5.75 Å². The summed E-state index contributed by atoms with van der Waals surface area (Å²) < 4.78 is 5.27. The number of carbonyl (C=O) groups excluding carboxylic acids is 1. The standard InChI is InChI=1S/C18H28N2O2/c1-15-8-9-16(14-17(15)22-2)18(21)19-10-7-13-20-11-5-3-4-6-12-20/h8-9,14H,3-7,10-13H2,1-2H3,(H,19,21). The van der Waals surface area contributed by atoms with E-state index >= 15 is 0 Å². The predicted molar refractivity (Wildman–Crippen MR) is 89.6 cm³/mol. The highest BCUT2D eigenvalue weighted by Gasteiger charge is 2.10. The maximum atomic E-state index is 12.1. The number of nitrogens with one attached hydrogen (secondary N) is 1. The van der Waals surface area contributed by atoms with Gasteiger partial charge in [-0.25, -0.2) is 0 Å². The molecule has 0 aliphatic carbocycles. The lowest BCUT2D eigenvalue weighted by Gasteiger charge is -2.19. The second kappa shape index (κ2) is 8.79. The maximum Gasteiger partial charge on any atom is 0.251 e. The van der Waals surface area contributed by atoms with Gasteiger partial charge in [-0.05, 0) is 63.5 Å². The van der Waals surface area contributed by atoms with Crippen molar-refractivity contribution in [2.75, 3.05) is 33.3 Å². The van der Waals surface area contributed by atoms with Crippen LogP contribution in [-0.2, 0) is 0 Å². The third kappa shape index (κ3) is 5.02. The topological polar surface area (TPSA) is 41.6 Å². The van der Waals surface area contributed by atoms with Crippen molar-refractivity contribution in [3.8, 4) is 5.75 Å². The van der Waals surface area contributed by atoms with E-state index in [0.29, 0.717) is 5.56 Å². The highest BCUT2D eigenvalue weighted by molar-refractivity contribution is 5.94. The van der Waals surface area contributed by atoms with Crippen molar-refractivity contribution < 1.29 is 9.53 Å². The summed E-state index contributed by atoms with van der Waals surface area (Å²) in [5.74, 6) is 0.742. The van der Waals surface area contributed by atoms with E-state index in [1.807, 2.05) is 19.1 Å². The number of nitrogens with zero attached hydrogens (tertiary/aromatic N) is 1. The molecule has 0 atom stereocenters. The zero-order chi connectivity index (χ0) is 15.8. The molecule has 0 bridgehead atoms. The fourth-order valence-corrected chi connectivity index (χ4v) is 2.93. The molecule has 2 rings (SSSR count). The van der Waals surface area contributed by atoms with Crippen molar-refractivity contribution in [1.82, 2.24) is 10.2 Å². The van der Waals surface area contributed by atoms with Gasteiger partial charge < -0.3 is 15.0 Å². The number of amides is 1. The third-order valence-corrected chi connectivity index (χ3v) is 4.31. The molecule has 1 aliphatic rings. The molecule has 1 aliphatic heterocycles. The van der Waals surface area contributed by atoms with Gasteiger partial charge in [-0.15, -0.1) is 0 Å². The average molecular weight is 304 g/mol. The summed E-state index contributed by atoms with van der Waals surface area (Å²) in [6.45, 7) is 6.21. The number of benzene rings is 1. The summed E-state index contributed by atoms with van der Waals surface area (Å²) in [5.41, 5.74) is 1.71. The Morgan fingerprint density at radius 2 is 1.95 bits per heavy atom. The minimum atomic E-state index is -0.0193.